The Morgan fingerprint density at radius 3 is 2.27 bits per heavy atom. The maximum Gasteiger partial charge on any atom is 0.339 e. The van der Waals surface area contributed by atoms with Crippen molar-refractivity contribution < 1.29 is 19.1 Å². The number of carbonyl (C=O) groups is 2. The Hall–Kier alpha value is -3.13. The summed E-state index contributed by atoms with van der Waals surface area (Å²) in [7, 11) is 2.94. The van der Waals surface area contributed by atoms with Crippen molar-refractivity contribution in [1.82, 2.24) is 14.8 Å². The predicted octanol–water partition coefficient (Wildman–Crippen LogP) is 2.64. The molecule has 0 aliphatic carbocycles. The fourth-order valence-electron chi connectivity index (χ4n) is 3.38. The van der Waals surface area contributed by atoms with E-state index in [1.165, 1.54) is 13.3 Å². The van der Waals surface area contributed by atoms with Crippen LogP contribution < -0.4 is 9.64 Å². The number of likely N-dealkylation sites (N-methyl/N-ethyl adjacent to an activating group) is 1. The summed E-state index contributed by atoms with van der Waals surface area (Å²) in [6.45, 7) is 6.52. The number of amides is 2. The van der Waals surface area contributed by atoms with Gasteiger partial charge < -0.3 is 19.3 Å². The number of hydrogen-bond acceptors (Lipinski definition) is 6. The van der Waals surface area contributed by atoms with Crippen molar-refractivity contribution in [3.63, 3.8) is 0 Å². The molecule has 0 radical (unpaired) electrons. The summed E-state index contributed by atoms with van der Waals surface area (Å²) in [5, 5.41) is 0. The Morgan fingerprint density at radius 2 is 1.73 bits per heavy atom. The van der Waals surface area contributed by atoms with Crippen LogP contribution in [0.25, 0.3) is 0 Å². The quantitative estimate of drug-likeness (QED) is 0.679. The van der Waals surface area contributed by atoms with Crippen LogP contribution in [0, 0.1) is 0 Å². The molecule has 1 aromatic heterocycles. The number of piperazine rings is 1. The highest BCUT2D eigenvalue weighted by molar-refractivity contribution is 5.92. The lowest BCUT2D eigenvalue weighted by molar-refractivity contribution is 0.0600. The molecule has 2 aromatic rings. The number of ether oxygens (including phenoxy) is 2. The van der Waals surface area contributed by atoms with E-state index in [0.29, 0.717) is 30.9 Å². The molecule has 1 aromatic carbocycles. The lowest BCUT2D eigenvalue weighted by atomic mass is 10.2. The van der Waals surface area contributed by atoms with Gasteiger partial charge >= 0.3 is 12.0 Å². The Labute approximate surface area is 177 Å². The van der Waals surface area contributed by atoms with Gasteiger partial charge in [0, 0.05) is 38.1 Å². The van der Waals surface area contributed by atoms with Crippen LogP contribution in [-0.2, 0) is 11.3 Å². The molecule has 1 aliphatic rings. The van der Waals surface area contributed by atoms with Gasteiger partial charge in [-0.1, -0.05) is 6.92 Å². The van der Waals surface area contributed by atoms with E-state index in [1.807, 2.05) is 29.2 Å². The minimum atomic E-state index is -0.439. The number of esters is 1. The predicted molar refractivity (Wildman–Crippen MR) is 114 cm³/mol. The van der Waals surface area contributed by atoms with Crippen LogP contribution in [-0.4, -0.2) is 73.7 Å². The van der Waals surface area contributed by atoms with Crippen LogP contribution in [0.2, 0.25) is 0 Å². The Kier molecular flexibility index (Phi) is 7.24. The number of benzene rings is 1. The number of methoxy groups -OCH3 is 2. The van der Waals surface area contributed by atoms with Crippen molar-refractivity contribution in [1.29, 1.82) is 0 Å². The van der Waals surface area contributed by atoms with Gasteiger partial charge in [0.2, 0.25) is 0 Å². The van der Waals surface area contributed by atoms with Gasteiger partial charge in [-0.2, -0.15) is 0 Å². The lowest BCUT2D eigenvalue weighted by Crippen LogP contribution is -2.52. The average Bonchev–Trinajstić information content (AvgIpc) is 2.82. The summed E-state index contributed by atoms with van der Waals surface area (Å²) in [6, 6.07) is 10.7. The third-order valence-electron chi connectivity index (χ3n) is 5.27. The summed E-state index contributed by atoms with van der Waals surface area (Å²) in [5.74, 6) is 0.286. The van der Waals surface area contributed by atoms with Crippen molar-refractivity contribution in [3.8, 4) is 5.75 Å². The first kappa shape index (κ1) is 21.6. The van der Waals surface area contributed by atoms with E-state index in [1.54, 1.807) is 24.1 Å². The van der Waals surface area contributed by atoms with Gasteiger partial charge in [-0.25, -0.2) is 9.59 Å². The van der Waals surface area contributed by atoms with Gasteiger partial charge in [0.05, 0.1) is 32.0 Å². The Morgan fingerprint density at radius 1 is 1.03 bits per heavy atom. The van der Waals surface area contributed by atoms with E-state index in [4.69, 9.17) is 9.47 Å². The fourth-order valence-corrected chi connectivity index (χ4v) is 3.38. The second kappa shape index (κ2) is 10.1. The lowest BCUT2D eigenvalue weighted by Gasteiger charge is -2.37. The zero-order valence-electron chi connectivity index (χ0n) is 17.7. The molecular weight excluding hydrogens is 384 g/mol. The molecule has 8 heteroatoms. The van der Waals surface area contributed by atoms with Crippen LogP contribution in [0.1, 0.15) is 23.0 Å². The first-order valence-electron chi connectivity index (χ1n) is 10.0. The molecule has 0 N–H and O–H groups in total. The summed E-state index contributed by atoms with van der Waals surface area (Å²) in [4.78, 5) is 35.3. The van der Waals surface area contributed by atoms with Crippen molar-refractivity contribution in [2.45, 2.75) is 13.5 Å². The fraction of sp³-hybridized carbons (Fsp3) is 0.409. The zero-order valence-corrected chi connectivity index (χ0v) is 17.7. The SMILES string of the molecule is CCN1CCN(C(=O)N(Cc2ccc(C(=O)OC)cn2)c2ccc(OC)cc2)CC1. The molecule has 30 heavy (non-hydrogen) atoms. The minimum absolute atomic E-state index is 0.0604. The standard InChI is InChI=1S/C22H28N4O4/c1-4-24-11-13-25(14-12-24)22(28)26(19-7-9-20(29-2)10-8-19)16-18-6-5-17(15-23-18)21(27)30-3/h5-10,15H,4,11-14,16H2,1-3H3. The molecule has 1 aliphatic heterocycles. The molecule has 2 heterocycles. The molecule has 1 saturated heterocycles. The number of rotatable bonds is 6. The number of hydrogen-bond donors (Lipinski definition) is 0. The normalized spacial score (nSPS) is 14.3. The maximum absolute atomic E-state index is 13.4. The van der Waals surface area contributed by atoms with Crippen LogP contribution in [0.5, 0.6) is 5.75 Å². The number of aromatic nitrogens is 1. The number of nitrogens with zero attached hydrogens (tertiary/aromatic N) is 4. The first-order chi connectivity index (χ1) is 14.5. The van der Waals surface area contributed by atoms with E-state index in [0.717, 1.165) is 31.1 Å². The molecule has 0 atom stereocenters. The monoisotopic (exact) mass is 412 g/mol. The molecule has 2 amide bonds. The van der Waals surface area contributed by atoms with Gasteiger partial charge in [-0.05, 0) is 42.9 Å². The van der Waals surface area contributed by atoms with Gasteiger partial charge in [0.15, 0.2) is 0 Å². The third-order valence-corrected chi connectivity index (χ3v) is 5.27. The molecule has 8 nitrogen and oxygen atoms in total. The van der Waals surface area contributed by atoms with E-state index in [9.17, 15) is 9.59 Å². The summed E-state index contributed by atoms with van der Waals surface area (Å²) in [6.07, 6.45) is 1.47. The zero-order chi connectivity index (χ0) is 21.5. The third kappa shape index (κ3) is 5.07. The van der Waals surface area contributed by atoms with Crippen molar-refractivity contribution in [3.05, 3.63) is 53.9 Å². The number of carbonyl (C=O) groups excluding carboxylic acids is 2. The number of urea groups is 1. The smallest absolute Gasteiger partial charge is 0.339 e. The summed E-state index contributed by atoms with van der Waals surface area (Å²) < 4.78 is 9.96. The first-order valence-corrected chi connectivity index (χ1v) is 10.0. The highest BCUT2D eigenvalue weighted by atomic mass is 16.5. The molecule has 1 fully saturated rings. The van der Waals surface area contributed by atoms with E-state index >= 15 is 0 Å². The van der Waals surface area contributed by atoms with Crippen LogP contribution >= 0.6 is 0 Å². The molecule has 0 unspecified atom stereocenters. The highest BCUT2D eigenvalue weighted by Gasteiger charge is 2.26. The van der Waals surface area contributed by atoms with Crippen molar-refractivity contribution in [2.75, 3.05) is 51.8 Å². The van der Waals surface area contributed by atoms with Gasteiger partial charge in [-0.3, -0.25) is 9.88 Å². The molecule has 3 rings (SSSR count). The molecule has 0 saturated carbocycles. The van der Waals surface area contributed by atoms with Crippen molar-refractivity contribution in [2.24, 2.45) is 0 Å². The summed E-state index contributed by atoms with van der Waals surface area (Å²) in [5.41, 5.74) is 1.82. The van der Waals surface area contributed by atoms with E-state index in [2.05, 4.69) is 16.8 Å². The van der Waals surface area contributed by atoms with Crippen molar-refractivity contribution >= 4 is 17.7 Å². The molecular formula is C22H28N4O4. The molecule has 0 spiro atoms. The topological polar surface area (TPSA) is 75.2 Å². The maximum atomic E-state index is 13.4. The van der Waals surface area contributed by atoms with Crippen LogP contribution in [0.4, 0.5) is 10.5 Å². The molecule has 0 bridgehead atoms. The van der Waals surface area contributed by atoms with Gasteiger partial charge in [0.1, 0.15) is 5.75 Å². The molecule has 160 valence electrons. The second-order valence-electron chi connectivity index (χ2n) is 7.02. The van der Waals surface area contributed by atoms with Gasteiger partial charge in [-0.15, -0.1) is 0 Å². The second-order valence-corrected chi connectivity index (χ2v) is 7.02. The van der Waals surface area contributed by atoms with E-state index < -0.39 is 5.97 Å². The number of anilines is 1. The Bertz CT molecular complexity index is 846. The minimum Gasteiger partial charge on any atom is -0.497 e. The Balaban J connectivity index is 1.81. The number of pyridine rings is 1. The average molecular weight is 412 g/mol. The highest BCUT2D eigenvalue weighted by Crippen LogP contribution is 2.23. The van der Waals surface area contributed by atoms with Crippen LogP contribution in [0.3, 0.4) is 0 Å². The van der Waals surface area contributed by atoms with Gasteiger partial charge in [0.25, 0.3) is 0 Å². The van der Waals surface area contributed by atoms with Crippen LogP contribution in [0.15, 0.2) is 42.6 Å². The largest absolute Gasteiger partial charge is 0.497 e. The van der Waals surface area contributed by atoms with E-state index in [-0.39, 0.29) is 6.03 Å². The summed E-state index contributed by atoms with van der Waals surface area (Å²) >= 11 is 0.